The minimum Gasteiger partial charge on any atom is -0.480 e. The molecule has 0 aliphatic rings. The number of nitrogens with one attached hydrogen (secondary N) is 1. The highest BCUT2D eigenvalue weighted by Crippen LogP contribution is 2.15. The van der Waals surface area contributed by atoms with Crippen LogP contribution >= 0.6 is 0 Å². The van der Waals surface area contributed by atoms with Crippen molar-refractivity contribution in [2.75, 3.05) is 0 Å². The maximum absolute atomic E-state index is 11.9. The van der Waals surface area contributed by atoms with E-state index in [0.717, 1.165) is 6.07 Å². The zero-order valence-corrected chi connectivity index (χ0v) is 11.2. The molecule has 7 nitrogen and oxygen atoms in total. The number of carbonyl (C=O) groups excluding carboxylic acids is 1. The summed E-state index contributed by atoms with van der Waals surface area (Å²) in [6, 6.07) is 2.55. The number of aliphatic carboxylic acids is 1. The first-order chi connectivity index (χ1) is 8.65. The average molecular weight is 286 g/mol. The number of primary amides is 1. The van der Waals surface area contributed by atoms with Crippen LogP contribution in [0.1, 0.15) is 22.8 Å². The Bertz CT molecular complexity index is 624. The van der Waals surface area contributed by atoms with E-state index in [4.69, 9.17) is 10.8 Å². The summed E-state index contributed by atoms with van der Waals surface area (Å²) < 4.78 is 25.8. The van der Waals surface area contributed by atoms with E-state index in [1.165, 1.54) is 19.1 Å². The minimum atomic E-state index is -4.02. The highest BCUT2D eigenvalue weighted by Gasteiger charge is 2.22. The maximum Gasteiger partial charge on any atom is 0.321 e. The van der Waals surface area contributed by atoms with Gasteiger partial charge in [-0.15, -0.1) is 0 Å². The van der Waals surface area contributed by atoms with E-state index in [9.17, 15) is 18.0 Å². The normalized spacial score (nSPS) is 12.9. The first-order valence-corrected chi connectivity index (χ1v) is 6.79. The lowest BCUT2D eigenvalue weighted by molar-refractivity contribution is -0.138. The molecule has 0 heterocycles. The molecule has 8 heteroatoms. The van der Waals surface area contributed by atoms with Gasteiger partial charge in [0.15, 0.2) is 0 Å². The van der Waals surface area contributed by atoms with Gasteiger partial charge in [-0.2, -0.15) is 4.72 Å². The summed E-state index contributed by atoms with van der Waals surface area (Å²) >= 11 is 0. The van der Waals surface area contributed by atoms with Crippen LogP contribution < -0.4 is 10.5 Å². The second kappa shape index (κ2) is 5.37. The van der Waals surface area contributed by atoms with E-state index in [1.807, 2.05) is 4.72 Å². The predicted molar refractivity (Wildman–Crippen MR) is 67.1 cm³/mol. The summed E-state index contributed by atoms with van der Waals surface area (Å²) in [5.74, 6) is -2.05. The van der Waals surface area contributed by atoms with Crippen LogP contribution in [0, 0.1) is 6.92 Å². The number of hydrogen-bond donors (Lipinski definition) is 3. The molecule has 4 N–H and O–H groups in total. The Labute approximate surface area is 110 Å². The summed E-state index contributed by atoms with van der Waals surface area (Å²) in [5, 5.41) is 8.68. The fourth-order valence-electron chi connectivity index (χ4n) is 1.38. The Morgan fingerprint density at radius 3 is 2.42 bits per heavy atom. The van der Waals surface area contributed by atoms with Crippen molar-refractivity contribution in [2.24, 2.45) is 5.73 Å². The van der Waals surface area contributed by atoms with Crippen molar-refractivity contribution >= 4 is 21.9 Å². The van der Waals surface area contributed by atoms with E-state index < -0.39 is 27.9 Å². The van der Waals surface area contributed by atoms with Crippen LogP contribution in [-0.4, -0.2) is 31.4 Å². The number of hydrogen-bond acceptors (Lipinski definition) is 4. The molecule has 0 saturated carbocycles. The number of nitrogens with two attached hydrogens (primary N) is 1. The van der Waals surface area contributed by atoms with E-state index in [-0.39, 0.29) is 10.5 Å². The molecule has 0 aromatic heterocycles. The quantitative estimate of drug-likeness (QED) is 0.693. The molecule has 0 bridgehead atoms. The highest BCUT2D eigenvalue weighted by molar-refractivity contribution is 7.89. The standard InChI is InChI=1S/C11H14N2O5S/c1-6-3-4-8(5-9(6)10(12)14)19(17,18)13-7(2)11(15)16/h3-5,7,13H,1-2H3,(H2,12,14)(H,15,16)/t7-/m0/s1. The summed E-state index contributed by atoms with van der Waals surface area (Å²) in [5.41, 5.74) is 5.74. The summed E-state index contributed by atoms with van der Waals surface area (Å²) in [6.45, 7) is 2.81. The molecule has 1 amide bonds. The summed E-state index contributed by atoms with van der Waals surface area (Å²) in [7, 11) is -4.02. The van der Waals surface area contributed by atoms with Gasteiger partial charge in [-0.05, 0) is 31.5 Å². The van der Waals surface area contributed by atoms with Crippen molar-refractivity contribution in [3.63, 3.8) is 0 Å². The van der Waals surface area contributed by atoms with Gasteiger partial charge in [0.25, 0.3) is 0 Å². The molecule has 0 spiro atoms. The Morgan fingerprint density at radius 1 is 1.37 bits per heavy atom. The molecule has 0 unspecified atom stereocenters. The summed E-state index contributed by atoms with van der Waals surface area (Å²) in [4.78, 5) is 21.6. The van der Waals surface area contributed by atoms with Gasteiger partial charge in [-0.3, -0.25) is 9.59 Å². The SMILES string of the molecule is Cc1ccc(S(=O)(=O)N[C@@H](C)C(=O)O)cc1C(N)=O. The third kappa shape index (κ3) is 3.52. The molecular formula is C11H14N2O5S. The third-order valence-electron chi connectivity index (χ3n) is 2.49. The maximum atomic E-state index is 11.9. The fraction of sp³-hybridized carbons (Fsp3) is 0.273. The molecule has 1 atom stereocenters. The molecule has 0 fully saturated rings. The number of carbonyl (C=O) groups is 2. The second-order valence-electron chi connectivity index (χ2n) is 4.02. The van der Waals surface area contributed by atoms with Crippen molar-refractivity contribution in [3.8, 4) is 0 Å². The van der Waals surface area contributed by atoms with Gasteiger partial charge in [0.05, 0.1) is 4.90 Å². The van der Waals surface area contributed by atoms with Crippen LogP contribution in [0.15, 0.2) is 23.1 Å². The number of carboxylic acids is 1. The van der Waals surface area contributed by atoms with Crippen LogP contribution in [0.25, 0.3) is 0 Å². The Kier molecular flexibility index (Phi) is 4.28. The molecule has 1 aromatic carbocycles. The van der Waals surface area contributed by atoms with Gasteiger partial charge >= 0.3 is 5.97 Å². The van der Waals surface area contributed by atoms with E-state index in [2.05, 4.69) is 0 Å². The van der Waals surface area contributed by atoms with Gasteiger partial charge in [0, 0.05) is 5.56 Å². The van der Waals surface area contributed by atoms with Crippen LogP contribution in [0.5, 0.6) is 0 Å². The molecule has 19 heavy (non-hydrogen) atoms. The van der Waals surface area contributed by atoms with Crippen LogP contribution in [0.4, 0.5) is 0 Å². The van der Waals surface area contributed by atoms with Gasteiger partial charge in [-0.1, -0.05) is 6.07 Å². The zero-order chi connectivity index (χ0) is 14.8. The molecule has 0 aliphatic carbocycles. The fourth-order valence-corrected chi connectivity index (χ4v) is 2.61. The van der Waals surface area contributed by atoms with Gasteiger partial charge in [-0.25, -0.2) is 8.42 Å². The largest absolute Gasteiger partial charge is 0.480 e. The zero-order valence-electron chi connectivity index (χ0n) is 10.4. The molecular weight excluding hydrogens is 272 g/mol. The van der Waals surface area contributed by atoms with Crippen molar-refractivity contribution in [1.82, 2.24) is 4.72 Å². The molecule has 0 saturated heterocycles. The van der Waals surface area contributed by atoms with Crippen LogP contribution in [-0.2, 0) is 14.8 Å². The van der Waals surface area contributed by atoms with E-state index in [1.54, 1.807) is 6.92 Å². The lowest BCUT2D eigenvalue weighted by Crippen LogP contribution is -2.38. The first-order valence-electron chi connectivity index (χ1n) is 5.30. The van der Waals surface area contributed by atoms with Crippen molar-refractivity contribution in [3.05, 3.63) is 29.3 Å². The van der Waals surface area contributed by atoms with Crippen molar-refractivity contribution in [2.45, 2.75) is 24.8 Å². The highest BCUT2D eigenvalue weighted by atomic mass is 32.2. The number of aryl methyl sites for hydroxylation is 1. The van der Waals surface area contributed by atoms with E-state index in [0.29, 0.717) is 5.56 Å². The number of rotatable bonds is 5. The monoisotopic (exact) mass is 286 g/mol. The van der Waals surface area contributed by atoms with Gasteiger partial charge < -0.3 is 10.8 Å². The predicted octanol–water partition coefficient (Wildman–Crippen LogP) is -0.155. The molecule has 0 aliphatic heterocycles. The number of benzene rings is 1. The van der Waals surface area contributed by atoms with Crippen molar-refractivity contribution < 1.29 is 23.1 Å². The number of sulfonamides is 1. The average Bonchev–Trinajstić information content (AvgIpc) is 2.27. The molecule has 104 valence electrons. The molecule has 1 aromatic rings. The van der Waals surface area contributed by atoms with E-state index >= 15 is 0 Å². The lowest BCUT2D eigenvalue weighted by Gasteiger charge is -2.11. The molecule has 1 rings (SSSR count). The lowest BCUT2D eigenvalue weighted by atomic mass is 10.1. The van der Waals surface area contributed by atoms with Gasteiger partial charge in [0.1, 0.15) is 6.04 Å². The summed E-state index contributed by atoms with van der Waals surface area (Å²) in [6.07, 6.45) is 0. The third-order valence-corrected chi connectivity index (χ3v) is 4.03. The Morgan fingerprint density at radius 2 is 1.95 bits per heavy atom. The topological polar surface area (TPSA) is 127 Å². The van der Waals surface area contributed by atoms with Crippen LogP contribution in [0.2, 0.25) is 0 Å². The smallest absolute Gasteiger partial charge is 0.321 e. The van der Waals surface area contributed by atoms with Crippen molar-refractivity contribution in [1.29, 1.82) is 0 Å². The first kappa shape index (κ1) is 15.1. The Balaban J connectivity index is 3.19. The molecule has 0 radical (unpaired) electrons. The number of carboxylic acid groups (broad SMARTS) is 1. The number of amides is 1. The van der Waals surface area contributed by atoms with Gasteiger partial charge in [0.2, 0.25) is 15.9 Å². The second-order valence-corrected chi connectivity index (χ2v) is 5.74. The Hall–Kier alpha value is -1.93. The minimum absolute atomic E-state index is 0.0749. The van der Waals surface area contributed by atoms with Crippen LogP contribution in [0.3, 0.4) is 0 Å².